The Kier molecular flexibility index (Phi) is 5.96. The largest absolute Gasteiger partial charge is 0.370 e. The fraction of sp³-hybridized carbons (Fsp3) is 0.250. The van der Waals surface area contributed by atoms with Gasteiger partial charge in [0.15, 0.2) is 0 Å². The number of nitrogens with one attached hydrogen (secondary N) is 2. The van der Waals surface area contributed by atoms with Crippen LogP contribution in [-0.4, -0.2) is 22.4 Å². The number of aromatic nitrogens is 2. The van der Waals surface area contributed by atoms with Crippen molar-refractivity contribution >= 4 is 28.7 Å². The molecule has 0 saturated heterocycles. The maximum Gasteiger partial charge on any atom is 0.257 e. The minimum absolute atomic E-state index is 0.164. The van der Waals surface area contributed by atoms with Crippen molar-refractivity contribution in [2.24, 2.45) is 0 Å². The Morgan fingerprint density at radius 2 is 1.88 bits per heavy atom. The molecule has 26 heavy (non-hydrogen) atoms. The molecule has 0 bridgehead atoms. The third-order valence-electron chi connectivity index (χ3n) is 3.93. The Bertz CT molecular complexity index is 856. The van der Waals surface area contributed by atoms with Crippen LogP contribution >= 0.6 is 11.3 Å². The molecular formula is C20H22N4OS. The topological polar surface area (TPSA) is 66.9 Å². The highest BCUT2D eigenvalue weighted by atomic mass is 32.1. The summed E-state index contributed by atoms with van der Waals surface area (Å²) in [5.41, 5.74) is 2.46. The van der Waals surface area contributed by atoms with Crippen LogP contribution in [0.2, 0.25) is 0 Å². The number of aryl methyl sites for hydroxylation is 2. The number of nitrogens with zero attached hydrogens (tertiary/aromatic N) is 2. The third-order valence-corrected chi connectivity index (χ3v) is 5.13. The number of hydrogen-bond acceptors (Lipinski definition) is 5. The second-order valence-electron chi connectivity index (χ2n) is 6.00. The highest BCUT2D eigenvalue weighted by Crippen LogP contribution is 2.14. The first-order valence-corrected chi connectivity index (χ1v) is 9.47. The first kappa shape index (κ1) is 18.1. The van der Waals surface area contributed by atoms with E-state index in [0.29, 0.717) is 5.56 Å². The molecule has 1 aromatic carbocycles. The van der Waals surface area contributed by atoms with Crippen molar-refractivity contribution in [3.63, 3.8) is 0 Å². The molecule has 0 fully saturated rings. The highest BCUT2D eigenvalue weighted by molar-refractivity contribution is 7.11. The molecule has 2 heterocycles. The minimum Gasteiger partial charge on any atom is -0.370 e. The summed E-state index contributed by atoms with van der Waals surface area (Å²) in [5, 5.41) is 7.27. The maximum absolute atomic E-state index is 12.3. The molecule has 1 amide bonds. The lowest BCUT2D eigenvalue weighted by atomic mass is 10.2. The normalized spacial score (nSPS) is 10.5. The minimum atomic E-state index is -0.164. The summed E-state index contributed by atoms with van der Waals surface area (Å²) in [6, 6.07) is 11.3. The molecule has 2 N–H and O–H groups in total. The van der Waals surface area contributed by atoms with Crippen LogP contribution in [0.3, 0.4) is 0 Å². The van der Waals surface area contributed by atoms with E-state index in [0.717, 1.165) is 41.5 Å². The van der Waals surface area contributed by atoms with Crippen molar-refractivity contribution in [1.82, 2.24) is 9.97 Å². The summed E-state index contributed by atoms with van der Waals surface area (Å²) in [5.74, 6) is 0.590. The molecular weight excluding hydrogens is 344 g/mol. The molecule has 0 radical (unpaired) electrons. The Balaban J connectivity index is 1.50. The molecule has 0 unspecified atom stereocenters. The number of rotatable bonds is 7. The summed E-state index contributed by atoms with van der Waals surface area (Å²) in [6.07, 6.45) is 5.42. The maximum atomic E-state index is 12.3. The second-order valence-corrected chi connectivity index (χ2v) is 7.20. The first-order chi connectivity index (χ1) is 12.6. The van der Waals surface area contributed by atoms with E-state index in [2.05, 4.69) is 27.5 Å². The number of pyridine rings is 1. The molecule has 0 aliphatic heterocycles. The van der Waals surface area contributed by atoms with Crippen LogP contribution in [0.5, 0.6) is 0 Å². The smallest absolute Gasteiger partial charge is 0.257 e. The zero-order valence-corrected chi connectivity index (χ0v) is 15.8. The van der Waals surface area contributed by atoms with Gasteiger partial charge in [0.25, 0.3) is 5.91 Å². The predicted molar refractivity (Wildman–Crippen MR) is 107 cm³/mol. The zero-order valence-electron chi connectivity index (χ0n) is 15.0. The first-order valence-electron chi connectivity index (χ1n) is 8.65. The van der Waals surface area contributed by atoms with Crippen molar-refractivity contribution in [2.45, 2.75) is 26.7 Å². The van der Waals surface area contributed by atoms with E-state index in [4.69, 9.17) is 0 Å². The number of amides is 1. The van der Waals surface area contributed by atoms with Crippen molar-refractivity contribution in [3.05, 3.63) is 69.8 Å². The van der Waals surface area contributed by atoms with Crippen molar-refractivity contribution in [2.75, 3.05) is 17.2 Å². The summed E-state index contributed by atoms with van der Waals surface area (Å²) < 4.78 is 0. The number of thiazole rings is 1. The van der Waals surface area contributed by atoms with Crippen LogP contribution < -0.4 is 10.6 Å². The molecule has 0 saturated carbocycles. The van der Waals surface area contributed by atoms with Crippen LogP contribution in [0, 0.1) is 6.92 Å². The molecule has 134 valence electrons. The average Bonchev–Trinajstić information content (AvgIpc) is 3.12. The second kappa shape index (κ2) is 8.58. The summed E-state index contributed by atoms with van der Waals surface area (Å²) in [6.45, 7) is 4.91. The Labute approximate surface area is 157 Å². The Morgan fingerprint density at radius 3 is 2.54 bits per heavy atom. The van der Waals surface area contributed by atoms with Gasteiger partial charge in [0.1, 0.15) is 5.82 Å². The van der Waals surface area contributed by atoms with Crippen LogP contribution in [-0.2, 0) is 12.8 Å². The van der Waals surface area contributed by atoms with E-state index >= 15 is 0 Å². The molecule has 6 heteroatoms. The fourth-order valence-corrected chi connectivity index (χ4v) is 3.26. The van der Waals surface area contributed by atoms with Gasteiger partial charge in [-0.25, -0.2) is 9.97 Å². The highest BCUT2D eigenvalue weighted by Gasteiger charge is 2.07. The van der Waals surface area contributed by atoms with E-state index in [1.165, 1.54) is 4.88 Å². The van der Waals surface area contributed by atoms with E-state index < -0.39 is 0 Å². The number of anilines is 2. The summed E-state index contributed by atoms with van der Waals surface area (Å²) >= 11 is 1.75. The molecule has 0 aliphatic rings. The molecule has 0 aliphatic carbocycles. The van der Waals surface area contributed by atoms with Gasteiger partial charge in [0, 0.05) is 35.9 Å². The summed E-state index contributed by atoms with van der Waals surface area (Å²) in [7, 11) is 0. The standard InChI is InChI=1S/C20H22N4OS/c1-3-17-13-23-19(26-17)10-11-21-18-9-6-15(12-22-18)20(25)24-16-7-4-14(2)5-8-16/h4-9,12-13H,3,10-11H2,1-2H3,(H,21,22)(H,24,25). The predicted octanol–water partition coefficient (Wildman–Crippen LogP) is 4.32. The van der Waals surface area contributed by atoms with Gasteiger partial charge in [-0.15, -0.1) is 11.3 Å². The summed E-state index contributed by atoms with van der Waals surface area (Å²) in [4.78, 5) is 22.3. The molecule has 3 aromatic rings. The number of carbonyl (C=O) groups is 1. The van der Waals surface area contributed by atoms with Gasteiger partial charge in [-0.05, 0) is 37.6 Å². The lowest BCUT2D eigenvalue weighted by Crippen LogP contribution is -2.13. The van der Waals surface area contributed by atoms with Crippen molar-refractivity contribution < 1.29 is 4.79 Å². The molecule has 3 rings (SSSR count). The Morgan fingerprint density at radius 1 is 1.08 bits per heavy atom. The lowest BCUT2D eigenvalue weighted by Gasteiger charge is -2.07. The van der Waals surface area contributed by atoms with Crippen molar-refractivity contribution in [1.29, 1.82) is 0 Å². The van der Waals surface area contributed by atoms with E-state index in [1.54, 1.807) is 23.6 Å². The molecule has 2 aromatic heterocycles. The monoisotopic (exact) mass is 366 g/mol. The molecule has 5 nitrogen and oxygen atoms in total. The lowest BCUT2D eigenvalue weighted by molar-refractivity contribution is 0.102. The molecule has 0 atom stereocenters. The fourth-order valence-electron chi connectivity index (χ4n) is 2.40. The Hall–Kier alpha value is -2.73. The number of hydrogen-bond donors (Lipinski definition) is 2. The van der Waals surface area contributed by atoms with Crippen LogP contribution in [0.25, 0.3) is 0 Å². The van der Waals surface area contributed by atoms with Crippen LogP contribution in [0.15, 0.2) is 48.8 Å². The number of benzene rings is 1. The van der Waals surface area contributed by atoms with Gasteiger partial charge in [-0.2, -0.15) is 0 Å². The zero-order chi connectivity index (χ0) is 18.4. The van der Waals surface area contributed by atoms with Gasteiger partial charge >= 0.3 is 0 Å². The average molecular weight is 366 g/mol. The van der Waals surface area contributed by atoms with Crippen LogP contribution in [0.1, 0.15) is 32.7 Å². The molecule has 0 spiro atoms. The van der Waals surface area contributed by atoms with Crippen LogP contribution in [0.4, 0.5) is 11.5 Å². The van der Waals surface area contributed by atoms with Gasteiger partial charge in [0.2, 0.25) is 0 Å². The van der Waals surface area contributed by atoms with E-state index in [-0.39, 0.29) is 5.91 Å². The SMILES string of the molecule is CCc1cnc(CCNc2ccc(C(=O)Nc3ccc(C)cc3)cn2)s1. The van der Waals surface area contributed by atoms with E-state index in [9.17, 15) is 4.79 Å². The van der Waals surface area contributed by atoms with Crippen molar-refractivity contribution in [3.8, 4) is 0 Å². The van der Waals surface area contributed by atoms with Gasteiger partial charge in [0.05, 0.1) is 10.6 Å². The quantitative estimate of drug-likeness (QED) is 0.654. The van der Waals surface area contributed by atoms with Gasteiger partial charge in [-0.1, -0.05) is 24.6 Å². The number of carbonyl (C=O) groups excluding carboxylic acids is 1. The van der Waals surface area contributed by atoms with Gasteiger partial charge < -0.3 is 10.6 Å². The third kappa shape index (κ3) is 4.89. The van der Waals surface area contributed by atoms with E-state index in [1.807, 2.05) is 43.5 Å². The van der Waals surface area contributed by atoms with Gasteiger partial charge in [-0.3, -0.25) is 4.79 Å².